The van der Waals surface area contributed by atoms with Gasteiger partial charge in [0.15, 0.2) is 23.1 Å². The summed E-state index contributed by atoms with van der Waals surface area (Å²) in [6, 6.07) is 0. The van der Waals surface area contributed by atoms with Crippen molar-refractivity contribution in [1.82, 2.24) is 0 Å². The first-order valence-corrected chi connectivity index (χ1v) is 13.7. The Kier molecular flexibility index (Phi) is 4.27. The van der Waals surface area contributed by atoms with Crippen LogP contribution in [0.1, 0.15) is 65.2 Å². The Morgan fingerprint density at radius 1 is 0.553 bits per heavy atom. The molecule has 0 saturated heterocycles. The number of ketones is 4. The summed E-state index contributed by atoms with van der Waals surface area (Å²) < 4.78 is 0. The Morgan fingerprint density at radius 2 is 1.11 bits per heavy atom. The molecular weight excluding hydrogens is 472 g/mol. The van der Waals surface area contributed by atoms with E-state index in [9.17, 15) is 19.2 Å². The van der Waals surface area contributed by atoms with Crippen LogP contribution < -0.4 is 0 Å². The van der Waals surface area contributed by atoms with Gasteiger partial charge in [0.2, 0.25) is 0 Å². The Bertz CT molecular complexity index is 1760. The van der Waals surface area contributed by atoms with Gasteiger partial charge in [-0.3, -0.25) is 19.2 Å². The van der Waals surface area contributed by atoms with Crippen molar-refractivity contribution in [3.8, 4) is 0 Å². The van der Waals surface area contributed by atoms with Crippen molar-refractivity contribution in [1.29, 1.82) is 0 Å². The molecule has 186 valence electrons. The highest BCUT2D eigenvalue weighted by Gasteiger charge is 2.46. The summed E-state index contributed by atoms with van der Waals surface area (Å²) in [5.41, 5.74) is 14.4. The van der Waals surface area contributed by atoms with Crippen LogP contribution in [0.15, 0.2) is 113 Å². The molecule has 0 saturated carbocycles. The van der Waals surface area contributed by atoms with Gasteiger partial charge in [0, 0.05) is 57.4 Å². The fourth-order valence-corrected chi connectivity index (χ4v) is 8.05. The minimum atomic E-state index is -0.000307. The number of hydrogen-bond donors (Lipinski definition) is 0. The Morgan fingerprint density at radius 3 is 1.68 bits per heavy atom. The summed E-state index contributed by atoms with van der Waals surface area (Å²) >= 11 is 0. The molecule has 0 spiro atoms. The van der Waals surface area contributed by atoms with Gasteiger partial charge in [-0.25, -0.2) is 0 Å². The third-order valence-corrected chi connectivity index (χ3v) is 9.71. The van der Waals surface area contributed by atoms with E-state index < -0.39 is 0 Å². The number of allylic oxidation sites excluding steroid dienone is 20. The Hall–Kier alpha value is -3.92. The molecule has 4 nitrogen and oxygen atoms in total. The minimum absolute atomic E-state index is 0.000307. The number of rotatable bonds is 3. The van der Waals surface area contributed by atoms with E-state index in [1.165, 1.54) is 22.3 Å². The SMILES string of the molecule is CCC1=C2CC3=C(C(=O)C4=C(CC=C4)C3=O)C2=C(CC2=C3CC4=C(C(=O)C5=C(CC=C5)C4=O)C3=C(C)C2)C1. The summed E-state index contributed by atoms with van der Waals surface area (Å²) in [7, 11) is 0. The van der Waals surface area contributed by atoms with Gasteiger partial charge in [0.25, 0.3) is 0 Å². The van der Waals surface area contributed by atoms with E-state index in [-0.39, 0.29) is 23.1 Å². The van der Waals surface area contributed by atoms with Gasteiger partial charge in [-0.05, 0) is 67.7 Å². The molecule has 8 aliphatic carbocycles. The van der Waals surface area contributed by atoms with Crippen molar-refractivity contribution < 1.29 is 19.2 Å². The van der Waals surface area contributed by atoms with Gasteiger partial charge in [-0.1, -0.05) is 53.5 Å². The Labute approximate surface area is 220 Å². The van der Waals surface area contributed by atoms with Gasteiger partial charge in [-0.15, -0.1) is 0 Å². The molecule has 4 heteroatoms. The maximum absolute atomic E-state index is 13.6. The van der Waals surface area contributed by atoms with E-state index in [1.807, 2.05) is 24.3 Å². The molecular formula is C34H26O4. The zero-order chi connectivity index (χ0) is 26.0. The molecule has 0 unspecified atom stereocenters. The molecule has 0 N–H and O–H groups in total. The van der Waals surface area contributed by atoms with Crippen LogP contribution >= 0.6 is 0 Å². The van der Waals surface area contributed by atoms with Gasteiger partial charge < -0.3 is 0 Å². The summed E-state index contributed by atoms with van der Waals surface area (Å²) in [6.07, 6.45) is 12.9. The van der Waals surface area contributed by atoms with E-state index >= 15 is 0 Å². The Balaban J connectivity index is 1.20. The van der Waals surface area contributed by atoms with Crippen molar-refractivity contribution in [2.45, 2.75) is 65.2 Å². The first-order valence-electron chi connectivity index (χ1n) is 13.7. The highest BCUT2D eigenvalue weighted by molar-refractivity contribution is 6.31. The standard InChI is InChI=1S/C34H26O4/c1-3-16-11-18(28-23(16)13-26-30(28)34(38)22-9-5-7-20(22)32(26)36)12-17-10-15(2)27-24(17)14-25-29(27)33(37)21-8-4-6-19(21)31(25)35/h4-5,8-9H,3,6-7,10-14H2,1-2H3. The second kappa shape index (κ2) is 7.35. The summed E-state index contributed by atoms with van der Waals surface area (Å²) in [6.45, 7) is 4.23. The van der Waals surface area contributed by atoms with E-state index in [4.69, 9.17) is 0 Å². The predicted molar refractivity (Wildman–Crippen MR) is 143 cm³/mol. The van der Waals surface area contributed by atoms with Crippen molar-refractivity contribution in [2.75, 3.05) is 0 Å². The summed E-state index contributed by atoms with van der Waals surface area (Å²) in [5.74, 6) is 0.0856. The normalized spacial score (nSPS) is 25.4. The maximum Gasteiger partial charge on any atom is 0.194 e. The number of carbonyl (C=O) groups excluding carboxylic acids is 4. The molecule has 8 aliphatic rings. The molecule has 0 aromatic heterocycles. The lowest BCUT2D eigenvalue weighted by Crippen LogP contribution is -2.20. The topological polar surface area (TPSA) is 68.3 Å². The third-order valence-electron chi connectivity index (χ3n) is 9.71. The van der Waals surface area contributed by atoms with Gasteiger partial charge in [-0.2, -0.15) is 0 Å². The monoisotopic (exact) mass is 498 g/mol. The second-order valence-corrected chi connectivity index (χ2v) is 11.6. The van der Waals surface area contributed by atoms with Crippen LogP contribution in [0.25, 0.3) is 0 Å². The predicted octanol–water partition coefficient (Wildman–Crippen LogP) is 6.02. The van der Waals surface area contributed by atoms with Crippen molar-refractivity contribution in [2.24, 2.45) is 0 Å². The quantitative estimate of drug-likeness (QED) is 0.447. The van der Waals surface area contributed by atoms with E-state index in [0.717, 1.165) is 41.6 Å². The fraction of sp³-hybridized carbons (Fsp3) is 0.294. The average Bonchev–Trinajstić information content (AvgIpc) is 3.72. The lowest BCUT2D eigenvalue weighted by atomic mass is 9.83. The van der Waals surface area contributed by atoms with Crippen LogP contribution in [0.4, 0.5) is 0 Å². The first kappa shape index (κ1) is 22.1. The second-order valence-electron chi connectivity index (χ2n) is 11.6. The molecule has 0 bridgehead atoms. The zero-order valence-corrected chi connectivity index (χ0v) is 21.6. The molecule has 0 atom stereocenters. The average molecular weight is 499 g/mol. The molecule has 0 aromatic rings. The van der Waals surface area contributed by atoms with Gasteiger partial charge in [0.05, 0.1) is 0 Å². The summed E-state index contributed by atoms with van der Waals surface area (Å²) in [5, 5.41) is 0. The summed E-state index contributed by atoms with van der Waals surface area (Å²) in [4.78, 5) is 53.7. The lowest BCUT2D eigenvalue weighted by molar-refractivity contribution is -0.116. The van der Waals surface area contributed by atoms with Crippen LogP contribution in [0, 0.1) is 0 Å². The zero-order valence-electron chi connectivity index (χ0n) is 21.6. The number of carbonyl (C=O) groups is 4. The van der Waals surface area contributed by atoms with Crippen LogP contribution in [0.5, 0.6) is 0 Å². The van der Waals surface area contributed by atoms with E-state index in [1.54, 1.807) is 0 Å². The van der Waals surface area contributed by atoms with Crippen LogP contribution in [0.2, 0.25) is 0 Å². The molecule has 0 radical (unpaired) electrons. The molecule has 38 heavy (non-hydrogen) atoms. The van der Waals surface area contributed by atoms with Crippen LogP contribution in [-0.4, -0.2) is 23.1 Å². The molecule has 0 fully saturated rings. The largest absolute Gasteiger partial charge is 0.289 e. The van der Waals surface area contributed by atoms with Crippen molar-refractivity contribution in [3.05, 3.63) is 113 Å². The van der Waals surface area contributed by atoms with Crippen LogP contribution in [-0.2, 0) is 19.2 Å². The molecule has 0 heterocycles. The third kappa shape index (κ3) is 2.56. The van der Waals surface area contributed by atoms with Crippen LogP contribution in [0.3, 0.4) is 0 Å². The smallest absolute Gasteiger partial charge is 0.194 e. The number of fused-ring (bicyclic) bond motifs is 4. The fourth-order valence-electron chi connectivity index (χ4n) is 8.05. The molecule has 0 aliphatic heterocycles. The minimum Gasteiger partial charge on any atom is -0.289 e. The van der Waals surface area contributed by atoms with Gasteiger partial charge in [0.1, 0.15) is 0 Å². The maximum atomic E-state index is 13.6. The highest BCUT2D eigenvalue weighted by atomic mass is 16.1. The molecule has 8 rings (SSSR count). The van der Waals surface area contributed by atoms with Crippen molar-refractivity contribution in [3.63, 3.8) is 0 Å². The highest BCUT2D eigenvalue weighted by Crippen LogP contribution is 2.56. The number of hydrogen-bond acceptors (Lipinski definition) is 4. The molecule has 0 amide bonds. The van der Waals surface area contributed by atoms with Gasteiger partial charge >= 0.3 is 0 Å². The van der Waals surface area contributed by atoms with Crippen molar-refractivity contribution >= 4 is 23.1 Å². The van der Waals surface area contributed by atoms with E-state index in [2.05, 4.69) is 13.8 Å². The first-order chi connectivity index (χ1) is 18.4. The molecule has 0 aromatic carbocycles. The number of Topliss-reactive ketones (excluding diaryl/α,β-unsaturated/α-hetero) is 4. The van der Waals surface area contributed by atoms with E-state index in [0.29, 0.717) is 76.7 Å². The lowest BCUT2D eigenvalue weighted by Gasteiger charge is -2.17.